The molecule has 2 N–H and O–H groups in total. The van der Waals surface area contributed by atoms with Crippen molar-refractivity contribution in [3.05, 3.63) is 218 Å². The maximum Gasteiger partial charge on any atom is 0.0539 e. The highest BCUT2D eigenvalue weighted by Crippen LogP contribution is 2.41. The Morgan fingerprint density at radius 2 is 1.10 bits per heavy atom. The predicted molar refractivity (Wildman–Crippen MR) is 252 cm³/mol. The molecule has 284 valence electrons. The molecule has 0 saturated heterocycles. The predicted octanol–water partition coefficient (Wildman–Crippen LogP) is 15.5. The van der Waals surface area contributed by atoms with Gasteiger partial charge in [-0.15, -0.1) is 0 Å². The average Bonchev–Trinajstić information content (AvgIpc) is 3.62. The Balaban J connectivity index is 0.915. The van der Waals surface area contributed by atoms with Crippen molar-refractivity contribution in [3.8, 4) is 22.3 Å². The SMILES string of the molecule is CC1C=CC=C(n2c3ccccc3c3cc(N(c4ccccc4)c4ccc(-c5ccc(Nc6cccc(-c7ccccc7Nc7ccccc7)c6)cc5)cc4)ccc32)C1. The molecule has 1 aromatic heterocycles. The van der Waals surface area contributed by atoms with Gasteiger partial charge < -0.3 is 20.1 Å². The van der Waals surface area contributed by atoms with Gasteiger partial charge in [0.1, 0.15) is 0 Å². The molecule has 0 fully saturated rings. The summed E-state index contributed by atoms with van der Waals surface area (Å²) in [5, 5.41) is 9.74. The minimum Gasteiger partial charge on any atom is -0.356 e. The van der Waals surface area contributed by atoms with Crippen molar-refractivity contribution in [1.29, 1.82) is 0 Å². The molecule has 0 bridgehead atoms. The topological polar surface area (TPSA) is 32.2 Å². The van der Waals surface area contributed by atoms with Crippen molar-refractivity contribution in [2.75, 3.05) is 15.5 Å². The highest BCUT2D eigenvalue weighted by Gasteiger charge is 2.19. The summed E-state index contributed by atoms with van der Waals surface area (Å²) in [7, 11) is 0. The van der Waals surface area contributed by atoms with Gasteiger partial charge >= 0.3 is 0 Å². The standard InChI is InChI=1S/C55H44N4/c1-39-14-12-21-48(36-39)59-54-25-11-9-23-51(54)52-38-49(34-35-55(52)59)58(46-19-6-3-7-20-46)47-32-28-41(29-33-47)40-26-30-44(31-27-40)56-45-18-13-15-42(37-45)50-22-8-10-24-53(50)57-43-16-4-2-5-17-43/h2-35,37-39,56-57H,36H2,1H3. The minimum atomic E-state index is 0.512. The maximum absolute atomic E-state index is 3.63. The van der Waals surface area contributed by atoms with E-state index in [0.29, 0.717) is 5.92 Å². The summed E-state index contributed by atoms with van der Waals surface area (Å²) in [6.07, 6.45) is 7.79. The van der Waals surface area contributed by atoms with E-state index >= 15 is 0 Å². The van der Waals surface area contributed by atoms with E-state index in [0.717, 1.165) is 57.4 Å². The van der Waals surface area contributed by atoms with E-state index in [2.05, 4.69) is 227 Å². The van der Waals surface area contributed by atoms with Gasteiger partial charge in [0.15, 0.2) is 0 Å². The maximum atomic E-state index is 3.63. The van der Waals surface area contributed by atoms with E-state index in [4.69, 9.17) is 0 Å². The van der Waals surface area contributed by atoms with Crippen LogP contribution in [0.15, 0.2) is 218 Å². The lowest BCUT2D eigenvalue weighted by Gasteiger charge is -2.26. The molecule has 0 saturated carbocycles. The third kappa shape index (κ3) is 7.29. The molecule has 0 radical (unpaired) electrons. The van der Waals surface area contributed by atoms with Gasteiger partial charge in [-0.1, -0.05) is 128 Å². The van der Waals surface area contributed by atoms with Gasteiger partial charge in [-0.3, -0.25) is 0 Å². The third-order valence-electron chi connectivity index (χ3n) is 11.3. The number of hydrogen-bond acceptors (Lipinski definition) is 3. The van der Waals surface area contributed by atoms with Gasteiger partial charge in [0, 0.05) is 61.8 Å². The molecule has 8 aromatic carbocycles. The molecule has 4 heteroatoms. The van der Waals surface area contributed by atoms with Crippen LogP contribution >= 0.6 is 0 Å². The summed E-state index contributed by atoms with van der Waals surface area (Å²) < 4.78 is 2.46. The van der Waals surface area contributed by atoms with Crippen molar-refractivity contribution >= 4 is 67.3 Å². The fourth-order valence-corrected chi connectivity index (χ4v) is 8.42. The minimum absolute atomic E-state index is 0.512. The molecule has 9 aromatic rings. The first-order valence-corrected chi connectivity index (χ1v) is 20.4. The Morgan fingerprint density at radius 1 is 0.475 bits per heavy atom. The third-order valence-corrected chi connectivity index (χ3v) is 11.3. The molecule has 1 aliphatic rings. The van der Waals surface area contributed by atoms with E-state index in [1.807, 2.05) is 18.2 Å². The first-order chi connectivity index (χ1) is 29.1. The van der Waals surface area contributed by atoms with Gasteiger partial charge in [-0.2, -0.15) is 0 Å². The monoisotopic (exact) mass is 760 g/mol. The molecule has 1 atom stereocenters. The Labute approximate surface area is 346 Å². The van der Waals surface area contributed by atoms with Crippen molar-refractivity contribution in [2.24, 2.45) is 5.92 Å². The molecular weight excluding hydrogens is 717 g/mol. The van der Waals surface area contributed by atoms with E-state index in [-0.39, 0.29) is 0 Å². The lowest BCUT2D eigenvalue weighted by molar-refractivity contribution is 0.730. The average molecular weight is 761 g/mol. The molecule has 1 heterocycles. The normalized spacial score (nSPS) is 13.6. The van der Waals surface area contributed by atoms with Crippen LogP contribution in [0, 0.1) is 5.92 Å². The second-order valence-electron chi connectivity index (χ2n) is 15.3. The Bertz CT molecular complexity index is 2960. The molecule has 59 heavy (non-hydrogen) atoms. The van der Waals surface area contributed by atoms with Crippen LogP contribution in [-0.4, -0.2) is 4.57 Å². The summed E-state index contributed by atoms with van der Waals surface area (Å²) in [6, 6.07) is 71.3. The molecular formula is C55H44N4. The summed E-state index contributed by atoms with van der Waals surface area (Å²) in [5.41, 5.74) is 16.0. The largest absolute Gasteiger partial charge is 0.356 e. The number of rotatable bonds is 10. The summed E-state index contributed by atoms with van der Waals surface area (Å²) in [5.74, 6) is 0.512. The lowest BCUT2D eigenvalue weighted by atomic mass is 10.00. The van der Waals surface area contributed by atoms with Crippen LogP contribution < -0.4 is 15.5 Å². The number of benzene rings is 8. The summed E-state index contributed by atoms with van der Waals surface area (Å²) in [6.45, 7) is 2.29. The molecule has 10 rings (SSSR count). The number of nitrogens with one attached hydrogen (secondary N) is 2. The molecule has 0 amide bonds. The van der Waals surface area contributed by atoms with Gasteiger partial charge in [-0.25, -0.2) is 0 Å². The zero-order valence-corrected chi connectivity index (χ0v) is 33.0. The highest BCUT2D eigenvalue weighted by molar-refractivity contribution is 6.11. The van der Waals surface area contributed by atoms with E-state index in [9.17, 15) is 0 Å². The Kier molecular flexibility index (Phi) is 9.57. The van der Waals surface area contributed by atoms with Crippen LogP contribution in [0.3, 0.4) is 0 Å². The quantitative estimate of drug-likeness (QED) is 0.146. The number of anilines is 7. The number of hydrogen-bond donors (Lipinski definition) is 2. The van der Waals surface area contributed by atoms with Crippen LogP contribution in [0.2, 0.25) is 0 Å². The van der Waals surface area contributed by atoms with Crippen molar-refractivity contribution < 1.29 is 0 Å². The second-order valence-corrected chi connectivity index (χ2v) is 15.3. The van der Waals surface area contributed by atoms with Gasteiger partial charge in [-0.05, 0) is 126 Å². The van der Waals surface area contributed by atoms with E-state index in [1.54, 1.807) is 0 Å². The number of aromatic nitrogens is 1. The zero-order valence-electron chi connectivity index (χ0n) is 33.0. The number of fused-ring (bicyclic) bond motifs is 3. The second kappa shape index (κ2) is 15.8. The number of para-hydroxylation sites is 4. The van der Waals surface area contributed by atoms with E-state index in [1.165, 1.54) is 38.6 Å². The van der Waals surface area contributed by atoms with Gasteiger partial charge in [0.05, 0.1) is 11.0 Å². The van der Waals surface area contributed by atoms with Crippen LogP contribution in [0.4, 0.5) is 39.8 Å². The molecule has 0 aliphatic heterocycles. The van der Waals surface area contributed by atoms with Crippen LogP contribution in [0.25, 0.3) is 49.8 Å². The summed E-state index contributed by atoms with van der Waals surface area (Å²) >= 11 is 0. The van der Waals surface area contributed by atoms with Crippen LogP contribution in [-0.2, 0) is 0 Å². The van der Waals surface area contributed by atoms with Gasteiger partial charge in [0.25, 0.3) is 0 Å². The zero-order chi connectivity index (χ0) is 39.5. The Morgan fingerprint density at radius 3 is 1.90 bits per heavy atom. The van der Waals surface area contributed by atoms with E-state index < -0.39 is 0 Å². The summed E-state index contributed by atoms with van der Waals surface area (Å²) in [4.78, 5) is 2.36. The first-order valence-electron chi connectivity index (χ1n) is 20.4. The fraction of sp³-hybridized carbons (Fsp3) is 0.0545. The van der Waals surface area contributed by atoms with Crippen molar-refractivity contribution in [1.82, 2.24) is 4.57 Å². The molecule has 1 unspecified atom stereocenters. The van der Waals surface area contributed by atoms with Crippen LogP contribution in [0.5, 0.6) is 0 Å². The highest BCUT2D eigenvalue weighted by atomic mass is 15.1. The van der Waals surface area contributed by atoms with Gasteiger partial charge in [0.2, 0.25) is 0 Å². The smallest absolute Gasteiger partial charge is 0.0539 e. The fourth-order valence-electron chi connectivity index (χ4n) is 8.42. The first kappa shape index (κ1) is 35.8. The number of allylic oxidation sites excluding steroid dienone is 4. The number of nitrogens with zero attached hydrogens (tertiary/aromatic N) is 2. The lowest BCUT2D eigenvalue weighted by Crippen LogP contribution is -2.09. The molecule has 4 nitrogen and oxygen atoms in total. The van der Waals surface area contributed by atoms with Crippen LogP contribution in [0.1, 0.15) is 13.3 Å². The van der Waals surface area contributed by atoms with Crippen molar-refractivity contribution in [2.45, 2.75) is 13.3 Å². The van der Waals surface area contributed by atoms with Crippen molar-refractivity contribution in [3.63, 3.8) is 0 Å². The molecule has 0 spiro atoms. The molecule has 1 aliphatic carbocycles. The Hall–Kier alpha value is -7.56.